The van der Waals surface area contributed by atoms with Crippen LogP contribution in [0.3, 0.4) is 0 Å². The van der Waals surface area contributed by atoms with Crippen LogP contribution >= 0.6 is 11.8 Å². The molecule has 0 spiro atoms. The molecule has 0 bridgehead atoms. The van der Waals surface area contributed by atoms with Gasteiger partial charge in [-0.1, -0.05) is 58.4 Å². The Kier molecular flexibility index (Phi) is 4.50. The summed E-state index contributed by atoms with van der Waals surface area (Å²) in [5.41, 5.74) is 6.58. The number of hydrogen-bond acceptors (Lipinski definition) is 2. The van der Waals surface area contributed by atoms with Gasteiger partial charge in [0.2, 0.25) is 0 Å². The molecule has 1 N–H and O–H groups in total. The van der Waals surface area contributed by atoms with Gasteiger partial charge in [-0.2, -0.15) is 0 Å². The van der Waals surface area contributed by atoms with Crippen molar-refractivity contribution < 1.29 is 0 Å². The average Bonchev–Trinajstić information content (AvgIpc) is 3.00. The normalized spacial score (nSPS) is 36.7. The molecule has 1 nitrogen and oxygen atoms in total. The number of para-hydroxylation sites is 1. The summed E-state index contributed by atoms with van der Waals surface area (Å²) in [7, 11) is 0. The first kappa shape index (κ1) is 18.5. The quantitative estimate of drug-likeness (QED) is 0.580. The summed E-state index contributed by atoms with van der Waals surface area (Å²) in [6, 6.07) is 7.65. The SMILES string of the molecule is CC1=C(C)C2C(C)C(C)C(c3cccc4c3NC(C(C)(C)C)CC4)C2S1. The number of rotatable bonds is 1. The van der Waals surface area contributed by atoms with Crippen LogP contribution in [0.15, 0.2) is 28.7 Å². The molecule has 2 heterocycles. The largest absolute Gasteiger partial charge is 0.381 e. The highest BCUT2D eigenvalue weighted by molar-refractivity contribution is 8.04. The lowest BCUT2D eigenvalue weighted by Crippen LogP contribution is -2.38. The van der Waals surface area contributed by atoms with Crippen LogP contribution in [0, 0.1) is 23.2 Å². The third kappa shape index (κ3) is 2.75. The molecule has 2 aliphatic heterocycles. The zero-order valence-corrected chi connectivity index (χ0v) is 18.3. The van der Waals surface area contributed by atoms with Crippen molar-refractivity contribution in [2.75, 3.05) is 5.32 Å². The molecule has 3 aliphatic rings. The summed E-state index contributed by atoms with van der Waals surface area (Å²) in [4.78, 5) is 1.58. The van der Waals surface area contributed by atoms with Crippen LogP contribution in [0.5, 0.6) is 0 Å². The fourth-order valence-electron chi connectivity index (χ4n) is 5.73. The smallest absolute Gasteiger partial charge is 0.0411 e. The molecule has 6 atom stereocenters. The molecule has 0 radical (unpaired) electrons. The summed E-state index contributed by atoms with van der Waals surface area (Å²) >= 11 is 2.16. The van der Waals surface area contributed by atoms with Gasteiger partial charge in [-0.3, -0.25) is 0 Å². The minimum atomic E-state index is 0.304. The van der Waals surface area contributed by atoms with E-state index < -0.39 is 0 Å². The minimum Gasteiger partial charge on any atom is -0.381 e. The van der Waals surface area contributed by atoms with Crippen molar-refractivity contribution in [3.63, 3.8) is 0 Å². The number of fused-ring (bicyclic) bond motifs is 2. The molecular formula is C24H35NS. The first-order valence-electron chi connectivity index (χ1n) is 10.4. The molecule has 1 aromatic rings. The maximum Gasteiger partial charge on any atom is 0.0411 e. The van der Waals surface area contributed by atoms with Gasteiger partial charge in [0.05, 0.1) is 0 Å². The number of nitrogens with one attached hydrogen (secondary N) is 1. The van der Waals surface area contributed by atoms with E-state index in [2.05, 4.69) is 83.7 Å². The standard InChI is InChI=1S/C24H35NS/c1-13-14(2)21(23-20(13)15(3)16(4)26-23)18-10-8-9-17-11-12-19(24(5,6)7)25-22(17)18/h8-10,13-14,19-21,23,25H,11-12H2,1-7H3. The highest BCUT2D eigenvalue weighted by Gasteiger charge is 2.51. The summed E-state index contributed by atoms with van der Waals surface area (Å²) < 4.78 is 0. The number of aryl methyl sites for hydroxylation is 1. The van der Waals surface area contributed by atoms with Gasteiger partial charge < -0.3 is 5.32 Å². The third-order valence-corrected chi connectivity index (χ3v) is 9.18. The molecule has 1 aromatic carbocycles. The molecule has 1 saturated carbocycles. The van der Waals surface area contributed by atoms with Crippen LogP contribution in [0.1, 0.15) is 71.9 Å². The Labute approximate surface area is 164 Å². The maximum absolute atomic E-state index is 4.00. The Bertz CT molecular complexity index is 741. The molecule has 1 fully saturated rings. The van der Waals surface area contributed by atoms with Gasteiger partial charge in [-0.25, -0.2) is 0 Å². The number of benzene rings is 1. The number of hydrogen-bond donors (Lipinski definition) is 1. The van der Waals surface area contributed by atoms with E-state index in [9.17, 15) is 0 Å². The third-order valence-electron chi connectivity index (χ3n) is 7.65. The lowest BCUT2D eigenvalue weighted by Gasteiger charge is -2.39. The van der Waals surface area contributed by atoms with Crippen LogP contribution in [-0.4, -0.2) is 11.3 Å². The van der Waals surface area contributed by atoms with Crippen LogP contribution in [0.2, 0.25) is 0 Å². The van der Waals surface area contributed by atoms with E-state index in [0.29, 0.717) is 17.4 Å². The Morgan fingerprint density at radius 2 is 1.73 bits per heavy atom. The maximum atomic E-state index is 4.00. The predicted molar refractivity (Wildman–Crippen MR) is 116 cm³/mol. The highest BCUT2D eigenvalue weighted by atomic mass is 32.2. The van der Waals surface area contributed by atoms with Gasteiger partial charge in [-0.15, -0.1) is 11.8 Å². The van der Waals surface area contributed by atoms with E-state index >= 15 is 0 Å². The molecule has 6 unspecified atom stereocenters. The Balaban J connectivity index is 1.74. The zero-order valence-electron chi connectivity index (χ0n) is 17.5. The Morgan fingerprint density at radius 1 is 1.04 bits per heavy atom. The number of allylic oxidation sites excluding steroid dienone is 2. The molecule has 2 heteroatoms. The number of anilines is 1. The molecular weight excluding hydrogens is 334 g/mol. The summed E-state index contributed by atoms with van der Waals surface area (Å²) in [6.07, 6.45) is 2.46. The molecule has 0 aromatic heterocycles. The van der Waals surface area contributed by atoms with Crippen molar-refractivity contribution in [3.8, 4) is 0 Å². The van der Waals surface area contributed by atoms with Crippen LogP contribution in [0.4, 0.5) is 5.69 Å². The van der Waals surface area contributed by atoms with Crippen LogP contribution in [0.25, 0.3) is 0 Å². The fraction of sp³-hybridized carbons (Fsp3) is 0.667. The van der Waals surface area contributed by atoms with Gasteiger partial charge in [0.25, 0.3) is 0 Å². The first-order chi connectivity index (χ1) is 12.2. The average molecular weight is 370 g/mol. The van der Waals surface area contributed by atoms with Crippen molar-refractivity contribution in [3.05, 3.63) is 39.8 Å². The second-order valence-corrected chi connectivity index (χ2v) is 11.5. The lowest BCUT2D eigenvalue weighted by molar-refractivity contribution is 0.320. The second kappa shape index (κ2) is 6.33. The Morgan fingerprint density at radius 3 is 2.42 bits per heavy atom. The van der Waals surface area contributed by atoms with E-state index in [0.717, 1.165) is 23.0 Å². The highest BCUT2D eigenvalue weighted by Crippen LogP contribution is 2.61. The first-order valence-corrected chi connectivity index (χ1v) is 11.3. The van der Waals surface area contributed by atoms with Crippen molar-refractivity contribution >= 4 is 17.4 Å². The fourth-order valence-corrected chi connectivity index (χ4v) is 7.60. The molecule has 26 heavy (non-hydrogen) atoms. The van der Waals surface area contributed by atoms with Crippen molar-refractivity contribution in [1.29, 1.82) is 0 Å². The van der Waals surface area contributed by atoms with Gasteiger partial charge in [0.15, 0.2) is 0 Å². The van der Waals surface area contributed by atoms with Crippen LogP contribution < -0.4 is 5.32 Å². The predicted octanol–water partition coefficient (Wildman–Crippen LogP) is 6.85. The Hall–Kier alpha value is -0.890. The summed E-state index contributed by atoms with van der Waals surface area (Å²) in [5, 5.41) is 4.72. The minimum absolute atomic E-state index is 0.304. The van der Waals surface area contributed by atoms with Gasteiger partial charge in [0.1, 0.15) is 0 Å². The topological polar surface area (TPSA) is 12.0 Å². The van der Waals surface area contributed by atoms with E-state index in [-0.39, 0.29) is 0 Å². The molecule has 0 saturated heterocycles. The van der Waals surface area contributed by atoms with Crippen molar-refractivity contribution in [1.82, 2.24) is 0 Å². The molecule has 1 aliphatic carbocycles. The van der Waals surface area contributed by atoms with E-state index in [1.807, 2.05) is 0 Å². The molecule has 142 valence electrons. The molecule has 0 amide bonds. The van der Waals surface area contributed by atoms with Gasteiger partial charge in [0, 0.05) is 22.9 Å². The van der Waals surface area contributed by atoms with Gasteiger partial charge >= 0.3 is 0 Å². The summed E-state index contributed by atoms with van der Waals surface area (Å²) in [5.74, 6) is 2.93. The van der Waals surface area contributed by atoms with E-state index in [4.69, 9.17) is 0 Å². The second-order valence-electron chi connectivity index (χ2n) is 10.1. The lowest BCUT2D eigenvalue weighted by atomic mass is 9.78. The van der Waals surface area contributed by atoms with Crippen LogP contribution in [-0.2, 0) is 6.42 Å². The summed E-state index contributed by atoms with van der Waals surface area (Å²) in [6.45, 7) is 16.8. The van der Waals surface area contributed by atoms with E-state index in [1.54, 1.807) is 16.0 Å². The van der Waals surface area contributed by atoms with Crippen molar-refractivity contribution in [2.45, 2.75) is 78.5 Å². The van der Waals surface area contributed by atoms with Crippen molar-refractivity contribution in [2.24, 2.45) is 23.2 Å². The zero-order chi connectivity index (χ0) is 18.8. The monoisotopic (exact) mass is 369 g/mol. The van der Waals surface area contributed by atoms with Gasteiger partial charge in [-0.05, 0) is 65.9 Å². The molecule has 4 rings (SSSR count). The van der Waals surface area contributed by atoms with E-state index in [1.165, 1.54) is 24.1 Å². The number of thioether (sulfide) groups is 1.